The average molecular weight is 214 g/mol. The van der Waals surface area contributed by atoms with E-state index < -0.39 is 23.8 Å². The van der Waals surface area contributed by atoms with Crippen molar-refractivity contribution in [2.75, 3.05) is 0 Å². The molecule has 1 rings (SSSR count). The van der Waals surface area contributed by atoms with Crippen LogP contribution in [0.5, 0.6) is 0 Å². The van der Waals surface area contributed by atoms with Crippen LogP contribution in [0.25, 0.3) is 0 Å². The van der Waals surface area contributed by atoms with Gasteiger partial charge in [0.15, 0.2) is 11.6 Å². The second-order valence-electron chi connectivity index (χ2n) is 2.23. The molecule has 0 radical (unpaired) electrons. The van der Waals surface area contributed by atoms with Crippen LogP contribution in [0.2, 0.25) is 0 Å². The minimum absolute atomic E-state index is 0.115. The number of hydrogen-bond acceptors (Lipinski definition) is 1. The molecule has 0 aliphatic heterocycles. The molecule has 0 aromatic carbocycles. The van der Waals surface area contributed by atoms with Crippen LogP contribution in [0.3, 0.4) is 0 Å². The first-order valence-corrected chi connectivity index (χ1v) is 3.78. The lowest BCUT2D eigenvalue weighted by Crippen LogP contribution is -2.02. The average Bonchev–Trinajstić information content (AvgIpc) is 2.09. The summed E-state index contributed by atoms with van der Waals surface area (Å²) in [6.45, 7) is 0. The van der Waals surface area contributed by atoms with Crippen molar-refractivity contribution in [3.63, 3.8) is 0 Å². The zero-order valence-corrected chi connectivity index (χ0v) is 6.95. The summed E-state index contributed by atoms with van der Waals surface area (Å²) in [6.07, 6.45) is -3.14. The van der Waals surface area contributed by atoms with Gasteiger partial charge >= 0.3 is 0 Å². The van der Waals surface area contributed by atoms with E-state index in [0.717, 1.165) is 0 Å². The predicted molar refractivity (Wildman–Crippen MR) is 38.7 cm³/mol. The summed E-state index contributed by atoms with van der Waals surface area (Å²) in [7, 11) is 0. The molecule has 0 saturated carbocycles. The molecule has 0 N–H and O–H groups in total. The van der Waals surface area contributed by atoms with Gasteiger partial charge in [-0.15, -0.1) is 11.6 Å². The number of pyridine rings is 1. The molecule has 1 aromatic rings. The molecule has 0 unspecified atom stereocenters. The van der Waals surface area contributed by atoms with Gasteiger partial charge in [-0.3, -0.25) is 0 Å². The van der Waals surface area contributed by atoms with E-state index in [2.05, 4.69) is 4.98 Å². The normalized spacial score (nSPS) is 10.9. The van der Waals surface area contributed by atoms with Gasteiger partial charge in [0.25, 0.3) is 6.43 Å². The van der Waals surface area contributed by atoms with Crippen LogP contribution in [0.15, 0.2) is 6.07 Å². The maximum atomic E-state index is 12.6. The highest BCUT2D eigenvalue weighted by atomic mass is 35.5. The predicted octanol–water partition coefficient (Wildman–Crippen LogP) is 3.04. The Morgan fingerprint density at radius 3 is 2.46 bits per heavy atom. The summed E-state index contributed by atoms with van der Waals surface area (Å²) >= 11 is 5.23. The molecule has 0 aliphatic carbocycles. The highest BCUT2D eigenvalue weighted by Gasteiger charge is 2.19. The molecular weight excluding hydrogens is 210 g/mol. The molecule has 13 heavy (non-hydrogen) atoms. The fraction of sp³-hybridized carbons (Fsp3) is 0.286. The van der Waals surface area contributed by atoms with Crippen molar-refractivity contribution >= 4 is 11.6 Å². The van der Waals surface area contributed by atoms with Crippen molar-refractivity contribution in [3.8, 4) is 0 Å². The summed E-state index contributed by atoms with van der Waals surface area (Å²) in [6, 6.07) is 0.689. The molecule has 0 bridgehead atoms. The Morgan fingerprint density at radius 1 is 1.38 bits per heavy atom. The number of aromatic nitrogens is 1. The van der Waals surface area contributed by atoms with Crippen molar-refractivity contribution < 1.29 is 17.6 Å². The molecule has 0 amide bonds. The number of halogens is 5. The first-order chi connectivity index (χ1) is 6.06. The molecule has 0 spiro atoms. The zero-order valence-electron chi connectivity index (χ0n) is 6.20. The van der Waals surface area contributed by atoms with E-state index in [-0.39, 0.29) is 11.6 Å². The Labute approximate surface area is 76.3 Å². The monoisotopic (exact) mass is 213 g/mol. The number of alkyl halides is 3. The largest absolute Gasteiger partial charge is 0.283 e. The Kier molecular flexibility index (Phi) is 3.08. The minimum atomic E-state index is -3.14. The molecule has 1 aromatic heterocycles. The van der Waals surface area contributed by atoms with Crippen LogP contribution < -0.4 is 0 Å². The van der Waals surface area contributed by atoms with Crippen molar-refractivity contribution in [2.24, 2.45) is 0 Å². The topological polar surface area (TPSA) is 12.9 Å². The molecule has 1 heterocycles. The van der Waals surface area contributed by atoms with Gasteiger partial charge in [0, 0.05) is 0 Å². The minimum Gasteiger partial charge on any atom is -0.247 e. The third kappa shape index (κ3) is 2.09. The molecule has 72 valence electrons. The van der Waals surface area contributed by atoms with Gasteiger partial charge in [-0.2, -0.15) is 0 Å². The van der Waals surface area contributed by atoms with E-state index in [0.29, 0.717) is 6.07 Å². The van der Waals surface area contributed by atoms with E-state index in [1.165, 1.54) is 0 Å². The maximum absolute atomic E-state index is 12.6. The standard InChI is InChI=1S/C7H4ClF4N/c8-2-3-1-4(9)5(10)6(13-3)7(11)12/h1,7H,2H2. The van der Waals surface area contributed by atoms with Gasteiger partial charge in [0.2, 0.25) is 0 Å². The van der Waals surface area contributed by atoms with Crippen molar-refractivity contribution in [2.45, 2.75) is 12.3 Å². The smallest absolute Gasteiger partial charge is 0.247 e. The van der Waals surface area contributed by atoms with Crippen LogP contribution in [0.1, 0.15) is 17.8 Å². The first kappa shape index (κ1) is 10.2. The number of rotatable bonds is 2. The van der Waals surface area contributed by atoms with Gasteiger partial charge in [-0.25, -0.2) is 22.5 Å². The van der Waals surface area contributed by atoms with Crippen LogP contribution in [0.4, 0.5) is 17.6 Å². The summed E-state index contributed by atoms with van der Waals surface area (Å²) in [5, 5.41) is 0. The molecule has 0 aliphatic rings. The second kappa shape index (κ2) is 3.91. The summed E-state index contributed by atoms with van der Waals surface area (Å²) < 4.78 is 49.2. The molecule has 0 atom stereocenters. The SMILES string of the molecule is Fc1cc(CCl)nc(C(F)F)c1F. The van der Waals surface area contributed by atoms with E-state index in [4.69, 9.17) is 11.6 Å². The molecule has 6 heteroatoms. The van der Waals surface area contributed by atoms with Crippen molar-refractivity contribution in [3.05, 3.63) is 29.1 Å². The molecule has 1 nitrogen and oxygen atoms in total. The Bertz CT molecular complexity index is 316. The van der Waals surface area contributed by atoms with Gasteiger partial charge in [0.05, 0.1) is 11.6 Å². The Hall–Kier alpha value is -0.840. The van der Waals surface area contributed by atoms with Gasteiger partial charge in [0.1, 0.15) is 5.69 Å². The first-order valence-electron chi connectivity index (χ1n) is 3.25. The van der Waals surface area contributed by atoms with Crippen molar-refractivity contribution in [1.29, 1.82) is 0 Å². The Balaban J connectivity index is 3.25. The van der Waals surface area contributed by atoms with E-state index >= 15 is 0 Å². The lowest BCUT2D eigenvalue weighted by atomic mass is 10.3. The van der Waals surface area contributed by atoms with Crippen LogP contribution in [-0.2, 0) is 5.88 Å². The quantitative estimate of drug-likeness (QED) is 0.544. The lowest BCUT2D eigenvalue weighted by molar-refractivity contribution is 0.139. The third-order valence-corrected chi connectivity index (χ3v) is 1.61. The summed E-state index contributed by atoms with van der Waals surface area (Å²) in [5.74, 6) is -3.22. The van der Waals surface area contributed by atoms with E-state index in [1.807, 2.05) is 0 Å². The van der Waals surface area contributed by atoms with Crippen molar-refractivity contribution in [1.82, 2.24) is 4.98 Å². The van der Waals surface area contributed by atoms with Crippen LogP contribution in [0, 0.1) is 11.6 Å². The number of hydrogen-bond donors (Lipinski definition) is 0. The van der Waals surface area contributed by atoms with E-state index in [9.17, 15) is 17.6 Å². The third-order valence-electron chi connectivity index (χ3n) is 1.34. The van der Waals surface area contributed by atoms with Crippen LogP contribution in [-0.4, -0.2) is 4.98 Å². The lowest BCUT2D eigenvalue weighted by Gasteiger charge is -2.03. The zero-order chi connectivity index (χ0) is 10.0. The van der Waals surface area contributed by atoms with Crippen LogP contribution >= 0.6 is 11.6 Å². The highest BCUT2D eigenvalue weighted by molar-refractivity contribution is 6.16. The molecule has 0 saturated heterocycles. The molecular formula is C7H4ClF4N. The summed E-state index contributed by atoms with van der Waals surface area (Å²) in [4.78, 5) is 3.15. The molecule has 0 fully saturated rings. The second-order valence-corrected chi connectivity index (χ2v) is 2.50. The maximum Gasteiger partial charge on any atom is 0.283 e. The Morgan fingerprint density at radius 2 is 2.00 bits per heavy atom. The fourth-order valence-electron chi connectivity index (χ4n) is 0.781. The fourth-order valence-corrected chi connectivity index (χ4v) is 0.918. The van der Waals surface area contributed by atoms with E-state index in [1.54, 1.807) is 0 Å². The van der Waals surface area contributed by atoms with Gasteiger partial charge in [-0.1, -0.05) is 0 Å². The van der Waals surface area contributed by atoms with Gasteiger partial charge in [-0.05, 0) is 6.07 Å². The highest BCUT2D eigenvalue weighted by Crippen LogP contribution is 2.22. The number of nitrogens with zero attached hydrogens (tertiary/aromatic N) is 1. The summed E-state index contributed by atoms with van der Waals surface area (Å²) in [5.41, 5.74) is -1.31. The van der Waals surface area contributed by atoms with Gasteiger partial charge < -0.3 is 0 Å².